The van der Waals surface area contributed by atoms with Crippen LogP contribution in [0.5, 0.6) is 17.2 Å². The minimum Gasteiger partial charge on any atom is -0.493 e. The largest absolute Gasteiger partial charge is 0.493 e. The fourth-order valence-corrected chi connectivity index (χ4v) is 2.11. The second-order valence-corrected chi connectivity index (χ2v) is 4.86. The molecular formula is C15H16F3N3O4. The van der Waals surface area contributed by atoms with Crippen molar-refractivity contribution in [3.8, 4) is 17.2 Å². The van der Waals surface area contributed by atoms with Gasteiger partial charge in [0.25, 0.3) is 5.56 Å². The number of alkyl halides is 3. The van der Waals surface area contributed by atoms with Crippen molar-refractivity contribution in [2.45, 2.75) is 12.7 Å². The summed E-state index contributed by atoms with van der Waals surface area (Å²) in [5.74, 6) is 0.876. The highest BCUT2D eigenvalue weighted by Crippen LogP contribution is 2.38. The third kappa shape index (κ3) is 4.34. The lowest BCUT2D eigenvalue weighted by atomic mass is 10.2. The molecule has 1 aromatic heterocycles. The Morgan fingerprint density at radius 1 is 1.08 bits per heavy atom. The molecule has 0 amide bonds. The highest BCUT2D eigenvalue weighted by Gasteiger charge is 2.33. The van der Waals surface area contributed by atoms with E-state index in [4.69, 9.17) is 14.2 Å². The first-order valence-corrected chi connectivity index (χ1v) is 6.99. The quantitative estimate of drug-likeness (QED) is 0.824. The molecule has 7 nitrogen and oxygen atoms in total. The topological polar surface area (TPSA) is 85.5 Å². The minimum atomic E-state index is -4.71. The lowest BCUT2D eigenvalue weighted by Gasteiger charge is -2.14. The number of nitrogens with zero attached hydrogens (tertiary/aromatic N) is 1. The monoisotopic (exact) mass is 359 g/mol. The minimum absolute atomic E-state index is 0.0704. The number of nitrogens with one attached hydrogen (secondary N) is 2. The fraction of sp³-hybridized carbons (Fsp3) is 0.333. The van der Waals surface area contributed by atoms with Crippen molar-refractivity contribution in [3.05, 3.63) is 39.8 Å². The third-order valence-corrected chi connectivity index (χ3v) is 3.22. The Labute approximate surface area is 140 Å². The molecule has 0 unspecified atom stereocenters. The van der Waals surface area contributed by atoms with Crippen LogP contribution in [0.15, 0.2) is 23.0 Å². The van der Waals surface area contributed by atoms with Crippen molar-refractivity contribution in [1.82, 2.24) is 9.97 Å². The molecule has 0 radical (unpaired) electrons. The predicted octanol–water partition coefficient (Wildman–Crippen LogP) is 2.43. The molecule has 0 bridgehead atoms. The number of aromatic amines is 1. The molecule has 2 rings (SSSR count). The van der Waals surface area contributed by atoms with Crippen molar-refractivity contribution in [1.29, 1.82) is 0 Å². The van der Waals surface area contributed by atoms with Crippen LogP contribution in [-0.4, -0.2) is 31.3 Å². The lowest BCUT2D eigenvalue weighted by molar-refractivity contribution is -0.141. The van der Waals surface area contributed by atoms with Crippen LogP contribution in [0.3, 0.4) is 0 Å². The van der Waals surface area contributed by atoms with Crippen molar-refractivity contribution in [3.63, 3.8) is 0 Å². The zero-order valence-electron chi connectivity index (χ0n) is 13.7. The van der Waals surface area contributed by atoms with E-state index >= 15 is 0 Å². The van der Waals surface area contributed by atoms with E-state index in [1.165, 1.54) is 21.3 Å². The molecule has 0 saturated carbocycles. The van der Waals surface area contributed by atoms with E-state index in [2.05, 4.69) is 15.3 Å². The molecule has 0 saturated heterocycles. The zero-order valence-corrected chi connectivity index (χ0v) is 13.7. The summed E-state index contributed by atoms with van der Waals surface area (Å²) in [5.41, 5.74) is -1.56. The molecule has 0 aliphatic heterocycles. The second kappa shape index (κ2) is 7.32. The standard InChI is InChI=1S/C15H16F3N3O4/c1-23-9-4-8(5-10(24-2)13(9)25-3)7-19-14-20-11(15(16,17)18)6-12(22)21-14/h4-6H,7H2,1-3H3,(H2,19,20,21,22). The molecule has 1 heterocycles. The number of methoxy groups -OCH3 is 3. The molecule has 0 aliphatic rings. The summed E-state index contributed by atoms with van der Waals surface area (Å²) in [6.45, 7) is 0.0704. The number of anilines is 1. The van der Waals surface area contributed by atoms with Gasteiger partial charge in [-0.05, 0) is 17.7 Å². The molecule has 2 aromatic rings. The van der Waals surface area contributed by atoms with Gasteiger partial charge in [-0.25, -0.2) is 4.98 Å². The van der Waals surface area contributed by atoms with Gasteiger partial charge >= 0.3 is 6.18 Å². The Morgan fingerprint density at radius 2 is 1.68 bits per heavy atom. The highest BCUT2D eigenvalue weighted by molar-refractivity contribution is 5.54. The normalized spacial score (nSPS) is 11.1. The maximum atomic E-state index is 12.7. The molecule has 0 atom stereocenters. The fourth-order valence-electron chi connectivity index (χ4n) is 2.11. The van der Waals surface area contributed by atoms with Gasteiger partial charge in [0.2, 0.25) is 11.7 Å². The van der Waals surface area contributed by atoms with Crippen LogP contribution in [0.2, 0.25) is 0 Å². The van der Waals surface area contributed by atoms with Crippen LogP contribution in [0.25, 0.3) is 0 Å². The van der Waals surface area contributed by atoms with Gasteiger partial charge in [-0.15, -0.1) is 0 Å². The summed E-state index contributed by atoms with van der Waals surface area (Å²) < 4.78 is 53.7. The van der Waals surface area contributed by atoms with Crippen molar-refractivity contribution < 1.29 is 27.4 Å². The average molecular weight is 359 g/mol. The summed E-state index contributed by atoms with van der Waals surface area (Å²) in [4.78, 5) is 16.9. The zero-order chi connectivity index (χ0) is 18.6. The van der Waals surface area contributed by atoms with Gasteiger partial charge in [-0.1, -0.05) is 0 Å². The Morgan fingerprint density at radius 3 is 2.16 bits per heavy atom. The third-order valence-electron chi connectivity index (χ3n) is 3.22. The van der Waals surface area contributed by atoms with Crippen LogP contribution < -0.4 is 25.1 Å². The van der Waals surface area contributed by atoms with E-state index in [-0.39, 0.29) is 12.5 Å². The van der Waals surface area contributed by atoms with Crippen LogP contribution in [0.4, 0.5) is 19.1 Å². The van der Waals surface area contributed by atoms with Crippen molar-refractivity contribution in [2.24, 2.45) is 0 Å². The maximum absolute atomic E-state index is 12.7. The van der Waals surface area contributed by atoms with Crippen LogP contribution in [0, 0.1) is 0 Å². The Balaban J connectivity index is 2.27. The van der Waals surface area contributed by atoms with E-state index in [1.807, 2.05) is 0 Å². The number of H-pyrrole nitrogens is 1. The smallest absolute Gasteiger partial charge is 0.433 e. The highest BCUT2D eigenvalue weighted by atomic mass is 19.4. The van der Waals surface area contributed by atoms with Crippen LogP contribution in [-0.2, 0) is 12.7 Å². The summed E-state index contributed by atoms with van der Waals surface area (Å²) in [6, 6.07) is 3.64. The molecule has 0 spiro atoms. The number of rotatable bonds is 6. The SMILES string of the molecule is COc1cc(CNc2nc(C(F)(F)F)cc(=O)[nH]2)cc(OC)c1OC. The van der Waals surface area contributed by atoms with Crippen LogP contribution in [0.1, 0.15) is 11.3 Å². The van der Waals surface area contributed by atoms with Gasteiger partial charge in [0, 0.05) is 12.6 Å². The van der Waals surface area contributed by atoms with Gasteiger partial charge in [0.1, 0.15) is 0 Å². The summed E-state index contributed by atoms with van der Waals surface area (Å²) in [6.07, 6.45) is -4.71. The number of halogens is 3. The number of ether oxygens (including phenoxy) is 3. The predicted molar refractivity (Wildman–Crippen MR) is 83.3 cm³/mol. The number of hydrogen-bond acceptors (Lipinski definition) is 6. The number of hydrogen-bond donors (Lipinski definition) is 2. The lowest BCUT2D eigenvalue weighted by Crippen LogP contribution is -2.18. The average Bonchev–Trinajstić information content (AvgIpc) is 2.57. The maximum Gasteiger partial charge on any atom is 0.433 e. The van der Waals surface area contributed by atoms with E-state index < -0.39 is 17.4 Å². The molecule has 0 fully saturated rings. The first-order chi connectivity index (χ1) is 11.8. The number of benzene rings is 1. The summed E-state index contributed by atoms with van der Waals surface area (Å²) >= 11 is 0. The Bertz CT molecular complexity index is 780. The number of aromatic nitrogens is 2. The molecule has 0 aliphatic carbocycles. The van der Waals surface area contributed by atoms with Gasteiger partial charge in [0.05, 0.1) is 21.3 Å². The first-order valence-electron chi connectivity index (χ1n) is 6.99. The summed E-state index contributed by atoms with van der Waals surface area (Å²) in [5, 5.41) is 2.64. The first kappa shape index (κ1) is 18.4. The Hall–Kier alpha value is -2.91. The Kier molecular flexibility index (Phi) is 5.40. The van der Waals surface area contributed by atoms with E-state index in [0.717, 1.165) is 0 Å². The second-order valence-electron chi connectivity index (χ2n) is 4.86. The van der Waals surface area contributed by atoms with Crippen molar-refractivity contribution in [2.75, 3.05) is 26.6 Å². The molecule has 25 heavy (non-hydrogen) atoms. The van der Waals surface area contributed by atoms with E-state index in [0.29, 0.717) is 28.9 Å². The van der Waals surface area contributed by atoms with Gasteiger partial charge in [-0.2, -0.15) is 13.2 Å². The van der Waals surface area contributed by atoms with E-state index in [9.17, 15) is 18.0 Å². The van der Waals surface area contributed by atoms with Gasteiger partial charge in [0.15, 0.2) is 17.2 Å². The van der Waals surface area contributed by atoms with Crippen LogP contribution >= 0.6 is 0 Å². The molecular weight excluding hydrogens is 343 g/mol. The van der Waals surface area contributed by atoms with Gasteiger partial charge in [-0.3, -0.25) is 9.78 Å². The molecule has 1 aromatic carbocycles. The van der Waals surface area contributed by atoms with E-state index in [1.54, 1.807) is 12.1 Å². The van der Waals surface area contributed by atoms with Crippen molar-refractivity contribution >= 4 is 5.95 Å². The molecule has 10 heteroatoms. The molecule has 136 valence electrons. The summed E-state index contributed by atoms with van der Waals surface area (Å²) in [7, 11) is 4.34. The molecule has 2 N–H and O–H groups in total. The van der Waals surface area contributed by atoms with Gasteiger partial charge < -0.3 is 19.5 Å².